The quantitative estimate of drug-likeness (QED) is 0.900. The third-order valence-corrected chi connectivity index (χ3v) is 2.35. The third kappa shape index (κ3) is 3.93. The molecular formula is C12H13F3N2O. The highest BCUT2D eigenvalue weighted by atomic mass is 19.4. The summed E-state index contributed by atoms with van der Waals surface area (Å²) in [6.45, 7) is -0.0118. The van der Waals surface area contributed by atoms with Crippen LogP contribution in [0.1, 0.15) is 11.1 Å². The summed E-state index contributed by atoms with van der Waals surface area (Å²) in [5.74, 6) is 0. The molecule has 98 valence electrons. The van der Waals surface area contributed by atoms with Crippen molar-refractivity contribution in [3.05, 3.63) is 29.3 Å². The molecule has 0 atom stereocenters. The number of aliphatic hydroxyl groups excluding tert-OH is 1. The summed E-state index contributed by atoms with van der Waals surface area (Å²) in [5, 5.41) is 17.8. The van der Waals surface area contributed by atoms with Gasteiger partial charge in [-0.3, -0.25) is 0 Å². The van der Waals surface area contributed by atoms with E-state index in [-0.39, 0.29) is 17.8 Å². The fraction of sp³-hybridized carbons (Fsp3) is 0.417. The van der Waals surface area contributed by atoms with E-state index in [4.69, 9.17) is 10.4 Å². The molecule has 0 aliphatic heterocycles. The predicted octanol–water partition coefficient (Wildman–Crippen LogP) is 2.23. The summed E-state index contributed by atoms with van der Waals surface area (Å²) >= 11 is 0. The Hall–Kier alpha value is -1.74. The Labute approximate surface area is 103 Å². The Morgan fingerprint density at radius 3 is 2.56 bits per heavy atom. The SMILES string of the molecule is Cc1ccc(N(CCO)CC(F)(F)F)c(C#N)c1. The van der Waals surface area contributed by atoms with Gasteiger partial charge in [0.05, 0.1) is 17.9 Å². The highest BCUT2D eigenvalue weighted by molar-refractivity contribution is 5.60. The zero-order valence-corrected chi connectivity index (χ0v) is 9.83. The van der Waals surface area contributed by atoms with Crippen molar-refractivity contribution in [2.75, 3.05) is 24.6 Å². The van der Waals surface area contributed by atoms with Crippen molar-refractivity contribution in [2.45, 2.75) is 13.1 Å². The van der Waals surface area contributed by atoms with Crippen LogP contribution in [0.25, 0.3) is 0 Å². The Morgan fingerprint density at radius 2 is 2.06 bits per heavy atom. The van der Waals surface area contributed by atoms with Gasteiger partial charge in [-0.05, 0) is 24.6 Å². The Bertz CT molecular complexity index is 452. The number of alkyl halides is 3. The molecule has 0 radical (unpaired) electrons. The second kappa shape index (κ2) is 5.74. The molecular weight excluding hydrogens is 245 g/mol. The molecule has 0 amide bonds. The molecule has 0 aliphatic carbocycles. The summed E-state index contributed by atoms with van der Waals surface area (Å²) in [5.41, 5.74) is 1.16. The van der Waals surface area contributed by atoms with Gasteiger partial charge in [-0.25, -0.2) is 0 Å². The van der Waals surface area contributed by atoms with Gasteiger partial charge in [0.25, 0.3) is 0 Å². The fourth-order valence-corrected chi connectivity index (χ4v) is 1.64. The lowest BCUT2D eigenvalue weighted by atomic mass is 10.1. The van der Waals surface area contributed by atoms with Crippen molar-refractivity contribution in [1.29, 1.82) is 5.26 Å². The lowest BCUT2D eigenvalue weighted by Crippen LogP contribution is -2.36. The van der Waals surface area contributed by atoms with Gasteiger partial charge in [-0.2, -0.15) is 18.4 Å². The lowest BCUT2D eigenvalue weighted by molar-refractivity contribution is -0.119. The molecule has 0 saturated carbocycles. The van der Waals surface area contributed by atoms with Crippen molar-refractivity contribution >= 4 is 5.69 Å². The number of nitriles is 1. The fourth-order valence-electron chi connectivity index (χ4n) is 1.64. The van der Waals surface area contributed by atoms with Crippen LogP contribution in [0.4, 0.5) is 18.9 Å². The molecule has 18 heavy (non-hydrogen) atoms. The molecule has 0 saturated heterocycles. The van der Waals surface area contributed by atoms with E-state index in [1.54, 1.807) is 13.0 Å². The van der Waals surface area contributed by atoms with Crippen LogP contribution in [0.5, 0.6) is 0 Å². The van der Waals surface area contributed by atoms with Gasteiger partial charge in [0.2, 0.25) is 0 Å². The Morgan fingerprint density at radius 1 is 1.39 bits per heavy atom. The van der Waals surface area contributed by atoms with Gasteiger partial charge < -0.3 is 10.0 Å². The number of nitrogens with zero attached hydrogens (tertiary/aromatic N) is 2. The predicted molar refractivity (Wildman–Crippen MR) is 61.2 cm³/mol. The zero-order valence-electron chi connectivity index (χ0n) is 9.83. The van der Waals surface area contributed by atoms with Crippen LogP contribution >= 0.6 is 0 Å². The van der Waals surface area contributed by atoms with E-state index in [0.717, 1.165) is 10.5 Å². The van der Waals surface area contributed by atoms with Gasteiger partial charge in [-0.1, -0.05) is 6.07 Å². The van der Waals surface area contributed by atoms with Gasteiger partial charge in [0.1, 0.15) is 12.6 Å². The highest BCUT2D eigenvalue weighted by Gasteiger charge is 2.31. The minimum Gasteiger partial charge on any atom is -0.395 e. The average Bonchev–Trinajstić information content (AvgIpc) is 2.26. The Balaban J connectivity index is 3.10. The maximum absolute atomic E-state index is 12.4. The number of halogens is 3. The van der Waals surface area contributed by atoms with Crippen molar-refractivity contribution in [3.63, 3.8) is 0 Å². The highest BCUT2D eigenvalue weighted by Crippen LogP contribution is 2.25. The van der Waals surface area contributed by atoms with E-state index >= 15 is 0 Å². The van der Waals surface area contributed by atoms with Gasteiger partial charge in [0.15, 0.2) is 0 Å². The van der Waals surface area contributed by atoms with Crippen LogP contribution in [-0.4, -0.2) is 31.0 Å². The first kappa shape index (κ1) is 14.3. The number of hydrogen-bond acceptors (Lipinski definition) is 3. The van der Waals surface area contributed by atoms with Crippen molar-refractivity contribution < 1.29 is 18.3 Å². The first-order chi connectivity index (χ1) is 8.37. The number of aliphatic hydroxyl groups is 1. The smallest absolute Gasteiger partial charge is 0.395 e. The van der Waals surface area contributed by atoms with Gasteiger partial charge >= 0.3 is 6.18 Å². The van der Waals surface area contributed by atoms with Crippen LogP contribution in [0.2, 0.25) is 0 Å². The summed E-state index contributed by atoms with van der Waals surface area (Å²) < 4.78 is 37.3. The summed E-state index contributed by atoms with van der Waals surface area (Å²) in [6.07, 6.45) is -4.38. The molecule has 0 heterocycles. The minimum absolute atomic E-state index is 0.169. The van der Waals surface area contributed by atoms with Crippen LogP contribution in [0.3, 0.4) is 0 Å². The maximum Gasteiger partial charge on any atom is 0.405 e. The summed E-state index contributed by atoms with van der Waals surface area (Å²) in [4.78, 5) is 0.956. The number of aryl methyl sites for hydroxylation is 1. The molecule has 1 rings (SSSR count). The number of benzene rings is 1. The van der Waals surface area contributed by atoms with Crippen molar-refractivity contribution in [2.24, 2.45) is 0 Å². The van der Waals surface area contributed by atoms with Crippen LogP contribution in [0, 0.1) is 18.3 Å². The van der Waals surface area contributed by atoms with E-state index in [1.807, 2.05) is 6.07 Å². The van der Waals surface area contributed by atoms with E-state index < -0.39 is 19.3 Å². The molecule has 0 fully saturated rings. The van der Waals surface area contributed by atoms with Crippen molar-refractivity contribution in [1.82, 2.24) is 0 Å². The molecule has 0 bridgehead atoms. The average molecular weight is 258 g/mol. The normalized spacial score (nSPS) is 11.1. The first-order valence-corrected chi connectivity index (χ1v) is 5.30. The molecule has 6 heteroatoms. The topological polar surface area (TPSA) is 47.3 Å². The number of rotatable bonds is 4. The zero-order chi connectivity index (χ0) is 13.8. The second-order valence-corrected chi connectivity index (χ2v) is 3.89. The second-order valence-electron chi connectivity index (χ2n) is 3.89. The molecule has 0 aliphatic rings. The van der Waals surface area contributed by atoms with Gasteiger partial charge in [0, 0.05) is 6.54 Å². The standard InChI is InChI=1S/C12H13F3N2O/c1-9-2-3-11(10(6-9)7-16)17(4-5-18)8-12(13,14)15/h2-3,6,18H,4-5,8H2,1H3. The van der Waals surface area contributed by atoms with Crippen molar-refractivity contribution in [3.8, 4) is 6.07 Å². The van der Waals surface area contributed by atoms with E-state index in [1.165, 1.54) is 12.1 Å². The molecule has 1 aromatic carbocycles. The van der Waals surface area contributed by atoms with E-state index in [9.17, 15) is 13.2 Å². The monoisotopic (exact) mass is 258 g/mol. The van der Waals surface area contributed by atoms with Crippen LogP contribution < -0.4 is 4.90 Å². The Kier molecular flexibility index (Phi) is 4.56. The third-order valence-electron chi connectivity index (χ3n) is 2.35. The molecule has 0 aromatic heterocycles. The molecule has 0 spiro atoms. The largest absolute Gasteiger partial charge is 0.405 e. The molecule has 1 aromatic rings. The number of anilines is 1. The van der Waals surface area contributed by atoms with Gasteiger partial charge in [-0.15, -0.1) is 0 Å². The minimum atomic E-state index is -4.38. The lowest BCUT2D eigenvalue weighted by Gasteiger charge is -2.26. The van der Waals surface area contributed by atoms with E-state index in [0.29, 0.717) is 0 Å². The van der Waals surface area contributed by atoms with Crippen LogP contribution in [0.15, 0.2) is 18.2 Å². The summed E-state index contributed by atoms with van der Waals surface area (Å²) in [6, 6.07) is 6.50. The van der Waals surface area contributed by atoms with Crippen LogP contribution in [-0.2, 0) is 0 Å². The maximum atomic E-state index is 12.4. The molecule has 3 nitrogen and oxygen atoms in total. The molecule has 0 unspecified atom stereocenters. The first-order valence-electron chi connectivity index (χ1n) is 5.30. The number of hydrogen-bond donors (Lipinski definition) is 1. The summed E-state index contributed by atoms with van der Waals surface area (Å²) in [7, 11) is 0. The van der Waals surface area contributed by atoms with E-state index in [2.05, 4.69) is 0 Å². The molecule has 1 N–H and O–H groups in total.